The Morgan fingerprint density at radius 1 is 1.18 bits per heavy atom. The molecule has 3 aliphatic carbocycles. The fourth-order valence-corrected chi connectivity index (χ4v) is 5.88. The van der Waals surface area contributed by atoms with Crippen LogP contribution in [0, 0.1) is 17.6 Å². The number of carbonyl (C=O) groups excluding carboxylic acids is 1. The maximum absolute atomic E-state index is 13.6. The van der Waals surface area contributed by atoms with Crippen molar-refractivity contribution in [2.45, 2.75) is 49.5 Å². The number of hydrogen-bond donors (Lipinski definition) is 2. The molecular formula is C25H22ClF2N3O3. The zero-order valence-corrected chi connectivity index (χ0v) is 18.8. The summed E-state index contributed by atoms with van der Waals surface area (Å²) in [5.41, 5.74) is 1.37. The molecule has 4 aliphatic rings. The van der Waals surface area contributed by atoms with Gasteiger partial charge in [0.2, 0.25) is 0 Å². The lowest BCUT2D eigenvalue weighted by Crippen LogP contribution is -2.56. The molecule has 3 fully saturated rings. The fourth-order valence-electron chi connectivity index (χ4n) is 5.69. The van der Waals surface area contributed by atoms with E-state index in [-0.39, 0.29) is 23.9 Å². The van der Waals surface area contributed by atoms with Crippen LogP contribution in [-0.2, 0) is 4.79 Å². The number of imidazole rings is 1. The molecule has 3 aromatic rings. The Bertz CT molecular complexity index is 1290. The molecule has 176 valence electrons. The minimum Gasteiger partial charge on any atom is -0.480 e. The molecule has 6 nitrogen and oxygen atoms in total. The average Bonchev–Trinajstić information content (AvgIpc) is 3.49. The van der Waals surface area contributed by atoms with Gasteiger partial charge in [-0.2, -0.15) is 0 Å². The molecule has 34 heavy (non-hydrogen) atoms. The standard InChI is InChI=1S/C25H22ClF2N3O3/c26-15-2-4-22-16(6-15)21(32)7-23(34-22)24(33)30-25-8-14(9-25)20(10-25)31-11-19(29-12-31)13-1-3-17(27)18(28)5-13/h1-6,11-12,14,20-21,23,32H,7-10H2,(H,30,33)/t14?,20-,21-,23-,25?/m0/s1. The number of hydrogen-bond acceptors (Lipinski definition) is 4. The third-order valence-electron chi connectivity index (χ3n) is 7.37. The number of fused-ring (bicyclic) bond motifs is 2. The molecule has 2 N–H and O–H groups in total. The molecule has 1 aliphatic heterocycles. The third-order valence-corrected chi connectivity index (χ3v) is 7.60. The number of carbonyl (C=O) groups is 1. The smallest absolute Gasteiger partial charge is 0.261 e. The molecule has 0 radical (unpaired) electrons. The zero-order chi connectivity index (χ0) is 23.6. The number of benzene rings is 2. The van der Waals surface area contributed by atoms with E-state index >= 15 is 0 Å². The Hall–Kier alpha value is -2.97. The van der Waals surface area contributed by atoms with Crippen LogP contribution in [0.25, 0.3) is 11.3 Å². The molecule has 2 bridgehead atoms. The minimum atomic E-state index is -0.905. The van der Waals surface area contributed by atoms with Gasteiger partial charge in [0.1, 0.15) is 5.75 Å². The molecule has 0 spiro atoms. The maximum Gasteiger partial charge on any atom is 0.261 e. The summed E-state index contributed by atoms with van der Waals surface area (Å²) < 4.78 is 34.7. The van der Waals surface area contributed by atoms with Crippen molar-refractivity contribution in [1.82, 2.24) is 14.9 Å². The van der Waals surface area contributed by atoms with E-state index in [0.717, 1.165) is 31.4 Å². The maximum atomic E-state index is 13.6. The van der Waals surface area contributed by atoms with Crippen LogP contribution < -0.4 is 10.1 Å². The number of nitrogens with one attached hydrogen (secondary N) is 1. The number of aliphatic hydroxyl groups is 1. The van der Waals surface area contributed by atoms with Crippen molar-refractivity contribution in [1.29, 1.82) is 0 Å². The van der Waals surface area contributed by atoms with Gasteiger partial charge in [-0.1, -0.05) is 11.6 Å². The van der Waals surface area contributed by atoms with E-state index in [1.807, 2.05) is 10.8 Å². The van der Waals surface area contributed by atoms with Gasteiger partial charge in [-0.15, -0.1) is 0 Å². The summed E-state index contributed by atoms with van der Waals surface area (Å²) in [7, 11) is 0. The van der Waals surface area contributed by atoms with Gasteiger partial charge in [-0.3, -0.25) is 4.79 Å². The van der Waals surface area contributed by atoms with E-state index in [1.165, 1.54) is 6.07 Å². The largest absolute Gasteiger partial charge is 0.480 e. The highest BCUT2D eigenvalue weighted by molar-refractivity contribution is 6.30. The summed E-state index contributed by atoms with van der Waals surface area (Å²) in [6.45, 7) is 0. The Morgan fingerprint density at radius 3 is 2.79 bits per heavy atom. The van der Waals surface area contributed by atoms with Gasteiger partial charge in [0.25, 0.3) is 5.91 Å². The van der Waals surface area contributed by atoms with Gasteiger partial charge in [0.15, 0.2) is 17.7 Å². The first-order valence-electron chi connectivity index (χ1n) is 11.3. The normalized spacial score (nSPS) is 29.2. The van der Waals surface area contributed by atoms with Crippen LogP contribution in [0.4, 0.5) is 8.78 Å². The summed E-state index contributed by atoms with van der Waals surface area (Å²) in [5, 5.41) is 14.2. The monoisotopic (exact) mass is 485 g/mol. The summed E-state index contributed by atoms with van der Waals surface area (Å²) in [5.74, 6) is -1.16. The summed E-state index contributed by atoms with van der Waals surface area (Å²) in [6, 6.07) is 8.91. The number of ether oxygens (including phenoxy) is 1. The predicted octanol–water partition coefficient (Wildman–Crippen LogP) is 4.58. The number of halogens is 3. The van der Waals surface area contributed by atoms with Gasteiger partial charge in [0.05, 0.1) is 18.1 Å². The van der Waals surface area contributed by atoms with Gasteiger partial charge < -0.3 is 19.7 Å². The molecule has 0 saturated heterocycles. The van der Waals surface area contributed by atoms with E-state index in [0.29, 0.717) is 33.5 Å². The van der Waals surface area contributed by atoms with E-state index in [1.54, 1.807) is 24.5 Å². The molecule has 1 aromatic heterocycles. The highest BCUT2D eigenvalue weighted by Gasteiger charge is 2.58. The lowest BCUT2D eigenvalue weighted by Gasteiger charge is -2.40. The third kappa shape index (κ3) is 3.56. The van der Waals surface area contributed by atoms with Crippen molar-refractivity contribution >= 4 is 17.5 Å². The van der Waals surface area contributed by atoms with Crippen LogP contribution in [0.5, 0.6) is 5.75 Å². The molecule has 2 heterocycles. The number of amides is 1. The molecule has 0 unspecified atom stereocenters. The highest BCUT2D eigenvalue weighted by atomic mass is 35.5. The first kappa shape index (κ1) is 21.6. The van der Waals surface area contributed by atoms with Crippen LogP contribution in [-0.4, -0.2) is 32.2 Å². The number of rotatable bonds is 4. The van der Waals surface area contributed by atoms with Crippen LogP contribution in [0.1, 0.15) is 43.4 Å². The van der Waals surface area contributed by atoms with Gasteiger partial charge >= 0.3 is 0 Å². The van der Waals surface area contributed by atoms with Gasteiger partial charge in [-0.05, 0) is 61.6 Å². The number of nitrogens with zero attached hydrogens (tertiary/aromatic N) is 2. The van der Waals surface area contributed by atoms with E-state index in [9.17, 15) is 18.7 Å². The quantitative estimate of drug-likeness (QED) is 0.567. The van der Waals surface area contributed by atoms with Crippen LogP contribution >= 0.6 is 11.6 Å². The lowest BCUT2D eigenvalue weighted by atomic mass is 9.76. The minimum absolute atomic E-state index is 0.160. The Morgan fingerprint density at radius 2 is 2.00 bits per heavy atom. The van der Waals surface area contributed by atoms with Crippen LogP contribution in [0.3, 0.4) is 0 Å². The van der Waals surface area contributed by atoms with Crippen molar-refractivity contribution < 1.29 is 23.4 Å². The molecular weight excluding hydrogens is 464 g/mol. The molecule has 9 heteroatoms. The van der Waals surface area contributed by atoms with Crippen molar-refractivity contribution in [3.05, 3.63) is 71.1 Å². The molecule has 7 rings (SSSR count). The molecule has 1 amide bonds. The summed E-state index contributed by atoms with van der Waals surface area (Å²) in [6.07, 6.45) is 4.58. The van der Waals surface area contributed by atoms with Crippen LogP contribution in [0.15, 0.2) is 48.9 Å². The second-order valence-corrected chi connectivity index (χ2v) is 10.0. The number of aliphatic hydroxyl groups excluding tert-OH is 1. The Kier molecular flexibility index (Phi) is 4.93. The SMILES string of the molecule is O=C(NC12CC(C1)[C@@H](n1cnc(-c3ccc(F)c(F)c3)c1)C2)[C@@H]1C[C@H](O)c2cc(Cl)ccc2O1. The Labute approximate surface area is 199 Å². The summed E-state index contributed by atoms with van der Waals surface area (Å²) >= 11 is 6.01. The van der Waals surface area contributed by atoms with Gasteiger partial charge in [-0.25, -0.2) is 13.8 Å². The van der Waals surface area contributed by atoms with Gasteiger partial charge in [0, 0.05) is 40.3 Å². The molecule has 2 aromatic carbocycles. The van der Waals surface area contributed by atoms with E-state index in [4.69, 9.17) is 16.3 Å². The highest BCUT2D eigenvalue weighted by Crippen LogP contribution is 2.57. The summed E-state index contributed by atoms with van der Waals surface area (Å²) in [4.78, 5) is 17.4. The topological polar surface area (TPSA) is 76.4 Å². The van der Waals surface area contributed by atoms with Crippen molar-refractivity contribution in [3.63, 3.8) is 0 Å². The molecule has 3 atom stereocenters. The molecule has 3 saturated carbocycles. The fraction of sp³-hybridized carbons (Fsp3) is 0.360. The van der Waals surface area contributed by atoms with Crippen LogP contribution in [0.2, 0.25) is 5.02 Å². The second kappa shape index (κ2) is 7.78. The van der Waals surface area contributed by atoms with Crippen molar-refractivity contribution in [3.8, 4) is 17.0 Å². The van der Waals surface area contributed by atoms with E-state index in [2.05, 4.69) is 10.3 Å². The van der Waals surface area contributed by atoms with Crippen molar-refractivity contribution in [2.24, 2.45) is 5.92 Å². The lowest BCUT2D eigenvalue weighted by molar-refractivity contribution is -0.133. The zero-order valence-electron chi connectivity index (χ0n) is 18.0. The predicted molar refractivity (Wildman–Crippen MR) is 120 cm³/mol. The van der Waals surface area contributed by atoms with Crippen molar-refractivity contribution in [2.75, 3.05) is 0 Å². The first-order valence-corrected chi connectivity index (χ1v) is 11.6. The second-order valence-electron chi connectivity index (χ2n) is 9.58. The average molecular weight is 486 g/mol. The van der Waals surface area contributed by atoms with E-state index < -0.39 is 23.8 Å². The first-order chi connectivity index (χ1) is 16.3. The number of aromatic nitrogens is 2. The Balaban J connectivity index is 1.13.